The van der Waals surface area contributed by atoms with Gasteiger partial charge in [0.15, 0.2) is 6.10 Å². The number of hydrogen-bond acceptors (Lipinski definition) is 5. The van der Waals surface area contributed by atoms with Gasteiger partial charge in [-0.2, -0.15) is 5.10 Å². The fourth-order valence-corrected chi connectivity index (χ4v) is 1.90. The van der Waals surface area contributed by atoms with E-state index in [4.69, 9.17) is 4.74 Å². The number of carbonyl (C=O) groups excluding carboxylic acids is 1. The summed E-state index contributed by atoms with van der Waals surface area (Å²) in [6.45, 7) is 2.35. The lowest BCUT2D eigenvalue weighted by molar-refractivity contribution is -0.129. The highest BCUT2D eigenvalue weighted by Gasteiger charge is 2.15. The highest BCUT2D eigenvalue weighted by Crippen LogP contribution is 2.22. The van der Waals surface area contributed by atoms with Crippen LogP contribution in [0, 0.1) is 0 Å². The third kappa shape index (κ3) is 4.55. The summed E-state index contributed by atoms with van der Waals surface area (Å²) in [4.78, 5) is 11.8. The van der Waals surface area contributed by atoms with Crippen LogP contribution < -0.4 is 10.2 Å². The number of phenols is 1. The van der Waals surface area contributed by atoms with E-state index in [1.807, 2.05) is 6.92 Å². The molecule has 6 heteroatoms. The van der Waals surface area contributed by atoms with E-state index in [-0.39, 0.29) is 5.75 Å². The van der Waals surface area contributed by atoms with Gasteiger partial charge in [0, 0.05) is 11.6 Å². The second-order valence-corrected chi connectivity index (χ2v) is 4.70. The Morgan fingerprint density at radius 1 is 1.30 bits per heavy atom. The second kappa shape index (κ2) is 7.95. The Labute approximate surface area is 134 Å². The molecule has 23 heavy (non-hydrogen) atoms. The van der Waals surface area contributed by atoms with Gasteiger partial charge >= 0.3 is 0 Å². The van der Waals surface area contributed by atoms with Crippen LogP contribution in [0.15, 0.2) is 53.6 Å². The Bertz CT molecular complexity index is 686. The smallest absolute Gasteiger partial charge is 0.273 e. The van der Waals surface area contributed by atoms with Crippen molar-refractivity contribution in [2.45, 2.75) is 13.0 Å². The van der Waals surface area contributed by atoms with Crippen LogP contribution >= 0.6 is 0 Å². The lowest BCUT2D eigenvalue weighted by Gasteiger charge is -2.08. The molecule has 0 aliphatic heterocycles. The maximum absolute atomic E-state index is 11.8. The number of benzene rings is 2. The van der Waals surface area contributed by atoms with E-state index in [0.717, 1.165) is 0 Å². The van der Waals surface area contributed by atoms with Crippen molar-refractivity contribution in [3.63, 3.8) is 0 Å². The minimum atomic E-state index is -1.30. The van der Waals surface area contributed by atoms with Crippen LogP contribution in [0.2, 0.25) is 0 Å². The number of ether oxygens (including phenoxy) is 1. The van der Waals surface area contributed by atoms with E-state index in [1.165, 1.54) is 12.3 Å². The third-order valence-electron chi connectivity index (χ3n) is 3.05. The van der Waals surface area contributed by atoms with E-state index < -0.39 is 12.0 Å². The van der Waals surface area contributed by atoms with Crippen LogP contribution in [-0.4, -0.2) is 28.9 Å². The first-order chi connectivity index (χ1) is 11.1. The topological polar surface area (TPSA) is 91.2 Å². The Morgan fingerprint density at radius 3 is 2.70 bits per heavy atom. The Balaban J connectivity index is 1.97. The van der Waals surface area contributed by atoms with Gasteiger partial charge in [-0.05, 0) is 24.6 Å². The Kier molecular flexibility index (Phi) is 5.71. The molecule has 6 nitrogen and oxygen atoms in total. The molecular weight excluding hydrogens is 296 g/mol. The molecule has 0 aliphatic rings. The number of carbonyl (C=O) groups is 1. The first kappa shape index (κ1) is 16.5. The van der Waals surface area contributed by atoms with Crippen molar-refractivity contribution in [2.75, 3.05) is 6.61 Å². The molecule has 2 rings (SSSR count). The van der Waals surface area contributed by atoms with Crippen LogP contribution in [0.4, 0.5) is 0 Å². The van der Waals surface area contributed by atoms with E-state index >= 15 is 0 Å². The number of hydrazone groups is 1. The molecule has 0 saturated carbocycles. The maximum Gasteiger partial charge on any atom is 0.273 e. The monoisotopic (exact) mass is 314 g/mol. The Hall–Kier alpha value is -2.86. The van der Waals surface area contributed by atoms with E-state index in [0.29, 0.717) is 23.5 Å². The average Bonchev–Trinajstić information content (AvgIpc) is 2.57. The molecule has 0 saturated heterocycles. The third-order valence-corrected chi connectivity index (χ3v) is 3.05. The van der Waals surface area contributed by atoms with Crippen molar-refractivity contribution in [1.82, 2.24) is 5.43 Å². The van der Waals surface area contributed by atoms with Crippen molar-refractivity contribution in [2.24, 2.45) is 5.10 Å². The zero-order chi connectivity index (χ0) is 16.7. The predicted octanol–water partition coefficient (Wildman–Crippen LogP) is 1.97. The number of aromatic hydroxyl groups is 1. The number of aliphatic hydroxyl groups excluding tert-OH is 1. The number of phenolic OH excluding ortho intramolecular Hbond substituents is 1. The number of nitrogens with one attached hydrogen (secondary N) is 1. The van der Waals surface area contributed by atoms with Gasteiger partial charge in [0.25, 0.3) is 5.91 Å². The van der Waals surface area contributed by atoms with Gasteiger partial charge in [0.1, 0.15) is 11.5 Å². The SMILES string of the molecule is CCOc1ccc(/C=N/NC(=O)[C@@H](O)c2ccccc2)c(O)c1. The molecule has 0 fully saturated rings. The highest BCUT2D eigenvalue weighted by molar-refractivity contribution is 5.86. The van der Waals surface area contributed by atoms with Crippen LogP contribution in [0.1, 0.15) is 24.2 Å². The molecule has 0 aliphatic carbocycles. The number of rotatable bonds is 6. The predicted molar refractivity (Wildman–Crippen MR) is 86.4 cm³/mol. The standard InChI is InChI=1S/C17H18N2O4/c1-2-23-14-9-8-13(15(20)10-14)11-18-19-17(22)16(21)12-6-4-3-5-7-12/h3-11,16,20-21H,2H2,1H3,(H,19,22)/b18-11+/t16-/m0/s1. The molecule has 0 heterocycles. The highest BCUT2D eigenvalue weighted by atomic mass is 16.5. The van der Waals surface area contributed by atoms with Gasteiger partial charge in [-0.1, -0.05) is 30.3 Å². The lowest BCUT2D eigenvalue weighted by Crippen LogP contribution is -2.25. The molecule has 2 aromatic rings. The summed E-state index contributed by atoms with van der Waals surface area (Å²) in [6.07, 6.45) is -0.0111. The molecule has 0 unspecified atom stereocenters. The number of aliphatic hydroxyl groups is 1. The number of amides is 1. The summed E-state index contributed by atoms with van der Waals surface area (Å²) < 4.78 is 5.26. The van der Waals surface area contributed by atoms with Crippen LogP contribution in [0.25, 0.3) is 0 Å². The summed E-state index contributed by atoms with van der Waals surface area (Å²) in [5.41, 5.74) is 3.13. The summed E-state index contributed by atoms with van der Waals surface area (Å²) in [7, 11) is 0. The summed E-state index contributed by atoms with van der Waals surface area (Å²) in [6, 6.07) is 13.3. The maximum atomic E-state index is 11.8. The van der Waals surface area contributed by atoms with Crippen molar-refractivity contribution < 1.29 is 19.7 Å². The van der Waals surface area contributed by atoms with Crippen molar-refractivity contribution >= 4 is 12.1 Å². The molecule has 1 atom stereocenters. The molecular formula is C17H18N2O4. The van der Waals surface area contributed by atoms with Gasteiger partial charge in [0.2, 0.25) is 0 Å². The summed E-state index contributed by atoms with van der Waals surface area (Å²) >= 11 is 0. The largest absolute Gasteiger partial charge is 0.507 e. The van der Waals surface area contributed by atoms with E-state index in [1.54, 1.807) is 42.5 Å². The van der Waals surface area contributed by atoms with Crippen molar-refractivity contribution in [3.05, 3.63) is 59.7 Å². The molecule has 1 amide bonds. The molecule has 120 valence electrons. The molecule has 0 spiro atoms. The second-order valence-electron chi connectivity index (χ2n) is 4.70. The average molecular weight is 314 g/mol. The van der Waals surface area contributed by atoms with Gasteiger partial charge in [-0.3, -0.25) is 4.79 Å². The molecule has 0 bridgehead atoms. The minimum Gasteiger partial charge on any atom is -0.507 e. The van der Waals surface area contributed by atoms with Crippen molar-refractivity contribution in [3.8, 4) is 11.5 Å². The first-order valence-electron chi connectivity index (χ1n) is 7.13. The van der Waals surface area contributed by atoms with Crippen LogP contribution in [-0.2, 0) is 4.79 Å². The zero-order valence-corrected chi connectivity index (χ0v) is 12.6. The quantitative estimate of drug-likeness (QED) is 0.561. The molecule has 3 N–H and O–H groups in total. The number of hydrogen-bond donors (Lipinski definition) is 3. The van der Waals surface area contributed by atoms with Gasteiger partial charge in [-0.25, -0.2) is 5.43 Å². The Morgan fingerprint density at radius 2 is 2.04 bits per heavy atom. The fraction of sp³-hybridized carbons (Fsp3) is 0.176. The lowest BCUT2D eigenvalue weighted by atomic mass is 10.1. The van der Waals surface area contributed by atoms with Crippen LogP contribution in [0.3, 0.4) is 0 Å². The van der Waals surface area contributed by atoms with Gasteiger partial charge in [-0.15, -0.1) is 0 Å². The number of nitrogens with zero attached hydrogens (tertiary/aromatic N) is 1. The summed E-state index contributed by atoms with van der Waals surface area (Å²) in [5, 5.41) is 23.5. The first-order valence-corrected chi connectivity index (χ1v) is 7.13. The van der Waals surface area contributed by atoms with Gasteiger partial charge in [0.05, 0.1) is 12.8 Å². The fourth-order valence-electron chi connectivity index (χ4n) is 1.90. The molecule has 2 aromatic carbocycles. The van der Waals surface area contributed by atoms with Crippen LogP contribution in [0.5, 0.6) is 11.5 Å². The minimum absolute atomic E-state index is 0.0162. The molecule has 0 radical (unpaired) electrons. The molecule has 0 aromatic heterocycles. The van der Waals surface area contributed by atoms with E-state index in [9.17, 15) is 15.0 Å². The van der Waals surface area contributed by atoms with Gasteiger partial charge < -0.3 is 14.9 Å². The normalized spacial score (nSPS) is 12.1. The summed E-state index contributed by atoms with van der Waals surface area (Å²) in [5.74, 6) is -0.124. The van der Waals surface area contributed by atoms with E-state index in [2.05, 4.69) is 10.5 Å². The zero-order valence-electron chi connectivity index (χ0n) is 12.6. The van der Waals surface area contributed by atoms with Crippen molar-refractivity contribution in [1.29, 1.82) is 0 Å².